The summed E-state index contributed by atoms with van der Waals surface area (Å²) in [4.78, 5) is 6.95. The molecule has 0 amide bonds. The van der Waals surface area contributed by atoms with Crippen LogP contribution in [0.25, 0.3) is 0 Å². The number of alkyl halides is 3. The third-order valence-corrected chi connectivity index (χ3v) is 2.01. The lowest BCUT2D eigenvalue weighted by molar-refractivity contribution is -0.264. The van der Waals surface area contributed by atoms with Crippen molar-refractivity contribution in [2.75, 3.05) is 13.7 Å². The lowest BCUT2D eigenvalue weighted by atomic mass is 9.99. The molecule has 1 aromatic heterocycles. The van der Waals surface area contributed by atoms with Crippen LogP contribution in [0.5, 0.6) is 5.88 Å². The van der Waals surface area contributed by atoms with E-state index in [1.807, 2.05) is 0 Å². The predicted molar refractivity (Wildman–Crippen MR) is 47.6 cm³/mol. The van der Waals surface area contributed by atoms with Crippen LogP contribution in [0, 0.1) is 0 Å². The second kappa shape index (κ2) is 4.22. The van der Waals surface area contributed by atoms with Crippen LogP contribution in [0.2, 0.25) is 0 Å². The molecule has 0 spiro atoms. The van der Waals surface area contributed by atoms with Gasteiger partial charge in [-0.3, -0.25) is 4.98 Å². The highest BCUT2D eigenvalue weighted by molar-refractivity contribution is 5.26. The standard InChI is InChI=1S/C8H10F3N3O2/c1-16-6-5(13-2-3-14-6)7(15,4-12)8(9,10)11/h2-3,15H,4,12H2,1H3. The first-order valence-electron chi connectivity index (χ1n) is 4.21. The molecule has 5 nitrogen and oxygen atoms in total. The average molecular weight is 237 g/mol. The summed E-state index contributed by atoms with van der Waals surface area (Å²) in [5.41, 5.74) is 0.955. The molecule has 90 valence electrons. The molecule has 1 aromatic rings. The molecule has 0 aliphatic rings. The summed E-state index contributed by atoms with van der Waals surface area (Å²) in [6, 6.07) is 0. The van der Waals surface area contributed by atoms with Gasteiger partial charge in [-0.1, -0.05) is 0 Å². The Balaban J connectivity index is 3.33. The second-order valence-corrected chi connectivity index (χ2v) is 2.98. The summed E-state index contributed by atoms with van der Waals surface area (Å²) >= 11 is 0. The number of halogens is 3. The number of nitrogens with two attached hydrogens (primary N) is 1. The van der Waals surface area contributed by atoms with Gasteiger partial charge in [-0.05, 0) is 0 Å². The first kappa shape index (κ1) is 12.7. The van der Waals surface area contributed by atoms with Gasteiger partial charge in [0, 0.05) is 18.9 Å². The summed E-state index contributed by atoms with van der Waals surface area (Å²) in [5.74, 6) is -0.409. The fourth-order valence-corrected chi connectivity index (χ4v) is 1.10. The van der Waals surface area contributed by atoms with Crippen LogP contribution < -0.4 is 10.5 Å². The summed E-state index contributed by atoms with van der Waals surface area (Å²) in [6.45, 7) is -1.06. The minimum Gasteiger partial charge on any atom is -0.480 e. The highest BCUT2D eigenvalue weighted by Gasteiger charge is 2.57. The van der Waals surface area contributed by atoms with Crippen molar-refractivity contribution in [3.05, 3.63) is 18.1 Å². The molecule has 8 heteroatoms. The summed E-state index contributed by atoms with van der Waals surface area (Å²) in [6.07, 6.45) is -2.79. The smallest absolute Gasteiger partial charge is 0.424 e. The first-order chi connectivity index (χ1) is 7.36. The lowest BCUT2D eigenvalue weighted by Gasteiger charge is -2.28. The van der Waals surface area contributed by atoms with Crippen molar-refractivity contribution < 1.29 is 23.0 Å². The van der Waals surface area contributed by atoms with Gasteiger partial charge in [-0.25, -0.2) is 4.98 Å². The fraction of sp³-hybridized carbons (Fsp3) is 0.500. The Morgan fingerprint density at radius 1 is 1.38 bits per heavy atom. The Hall–Kier alpha value is -1.41. The van der Waals surface area contributed by atoms with Gasteiger partial charge in [0.05, 0.1) is 7.11 Å². The van der Waals surface area contributed by atoms with E-state index < -0.39 is 29.9 Å². The topological polar surface area (TPSA) is 81.3 Å². The predicted octanol–water partition coefficient (Wildman–Crippen LogP) is 0.194. The molecule has 1 unspecified atom stereocenters. The minimum atomic E-state index is -4.95. The van der Waals surface area contributed by atoms with E-state index in [0.29, 0.717) is 0 Å². The maximum Gasteiger partial charge on any atom is 0.424 e. The number of rotatable bonds is 3. The molecule has 0 fully saturated rings. The van der Waals surface area contributed by atoms with Gasteiger partial charge >= 0.3 is 6.18 Å². The van der Waals surface area contributed by atoms with Gasteiger partial charge < -0.3 is 15.6 Å². The number of ether oxygens (including phenoxy) is 1. The maximum atomic E-state index is 12.7. The highest BCUT2D eigenvalue weighted by Crippen LogP contribution is 2.39. The average Bonchev–Trinajstić information content (AvgIpc) is 2.26. The van der Waals surface area contributed by atoms with Crippen LogP contribution >= 0.6 is 0 Å². The summed E-state index contributed by atoms with van der Waals surface area (Å²) < 4.78 is 42.6. The van der Waals surface area contributed by atoms with Crippen LogP contribution in [0.4, 0.5) is 13.2 Å². The molecule has 0 aliphatic carbocycles. The molecular formula is C8H10F3N3O2. The zero-order valence-electron chi connectivity index (χ0n) is 8.32. The molecule has 0 bridgehead atoms. The zero-order valence-corrected chi connectivity index (χ0v) is 8.32. The van der Waals surface area contributed by atoms with Crippen molar-refractivity contribution in [2.45, 2.75) is 11.8 Å². The Bertz CT molecular complexity index is 372. The van der Waals surface area contributed by atoms with E-state index in [9.17, 15) is 18.3 Å². The van der Waals surface area contributed by atoms with Crippen molar-refractivity contribution in [1.29, 1.82) is 0 Å². The van der Waals surface area contributed by atoms with Crippen LogP contribution in [0.15, 0.2) is 12.4 Å². The summed E-state index contributed by atoms with van der Waals surface area (Å²) in [5, 5.41) is 9.51. The molecule has 0 aliphatic heterocycles. The Morgan fingerprint density at radius 3 is 2.38 bits per heavy atom. The number of aromatic nitrogens is 2. The molecule has 1 atom stereocenters. The lowest BCUT2D eigenvalue weighted by Crippen LogP contribution is -2.49. The van der Waals surface area contributed by atoms with E-state index in [0.717, 1.165) is 19.5 Å². The Morgan fingerprint density at radius 2 is 1.94 bits per heavy atom. The monoisotopic (exact) mass is 237 g/mol. The van der Waals surface area contributed by atoms with E-state index in [-0.39, 0.29) is 0 Å². The van der Waals surface area contributed by atoms with E-state index in [1.54, 1.807) is 0 Å². The van der Waals surface area contributed by atoms with E-state index in [4.69, 9.17) is 5.73 Å². The Labute approximate surface area is 89.1 Å². The van der Waals surface area contributed by atoms with Gasteiger partial charge in [0.1, 0.15) is 5.69 Å². The number of methoxy groups -OCH3 is 1. The van der Waals surface area contributed by atoms with Crippen LogP contribution in [-0.2, 0) is 5.60 Å². The van der Waals surface area contributed by atoms with Crippen LogP contribution in [-0.4, -0.2) is 34.9 Å². The molecule has 1 rings (SSSR count). The third kappa shape index (κ3) is 1.93. The van der Waals surface area contributed by atoms with Gasteiger partial charge in [-0.2, -0.15) is 13.2 Å². The van der Waals surface area contributed by atoms with E-state index in [2.05, 4.69) is 14.7 Å². The molecule has 0 radical (unpaired) electrons. The van der Waals surface area contributed by atoms with Gasteiger partial charge in [0.25, 0.3) is 0 Å². The van der Waals surface area contributed by atoms with Gasteiger partial charge in [0.15, 0.2) is 0 Å². The van der Waals surface area contributed by atoms with Gasteiger partial charge in [-0.15, -0.1) is 0 Å². The molecule has 3 N–H and O–H groups in total. The summed E-state index contributed by atoms with van der Waals surface area (Å²) in [7, 11) is 1.13. The number of aliphatic hydroxyl groups is 1. The molecular weight excluding hydrogens is 227 g/mol. The molecule has 0 saturated heterocycles. The van der Waals surface area contributed by atoms with Gasteiger partial charge in [0.2, 0.25) is 11.5 Å². The normalized spacial score (nSPS) is 15.6. The SMILES string of the molecule is COc1nccnc1C(O)(CN)C(F)(F)F. The van der Waals surface area contributed by atoms with Crippen molar-refractivity contribution in [3.63, 3.8) is 0 Å². The third-order valence-electron chi connectivity index (χ3n) is 2.01. The van der Waals surface area contributed by atoms with E-state index >= 15 is 0 Å². The highest BCUT2D eigenvalue weighted by atomic mass is 19.4. The van der Waals surface area contributed by atoms with Crippen LogP contribution in [0.1, 0.15) is 5.69 Å². The fourth-order valence-electron chi connectivity index (χ4n) is 1.10. The van der Waals surface area contributed by atoms with Crippen molar-refractivity contribution in [1.82, 2.24) is 9.97 Å². The maximum absolute atomic E-state index is 12.7. The Kier molecular flexibility index (Phi) is 3.34. The number of hydrogen-bond donors (Lipinski definition) is 2. The number of nitrogens with zero attached hydrogens (tertiary/aromatic N) is 2. The quantitative estimate of drug-likeness (QED) is 0.784. The minimum absolute atomic E-state index is 0.409. The van der Waals surface area contributed by atoms with Crippen molar-refractivity contribution >= 4 is 0 Å². The molecule has 0 aromatic carbocycles. The van der Waals surface area contributed by atoms with E-state index in [1.165, 1.54) is 0 Å². The largest absolute Gasteiger partial charge is 0.480 e. The van der Waals surface area contributed by atoms with Crippen molar-refractivity contribution in [3.8, 4) is 5.88 Å². The molecule has 16 heavy (non-hydrogen) atoms. The zero-order chi connectivity index (χ0) is 12.4. The van der Waals surface area contributed by atoms with Crippen molar-refractivity contribution in [2.24, 2.45) is 5.73 Å². The molecule has 0 saturated carbocycles. The molecule has 1 heterocycles. The number of hydrogen-bond acceptors (Lipinski definition) is 5. The first-order valence-corrected chi connectivity index (χ1v) is 4.21. The second-order valence-electron chi connectivity index (χ2n) is 2.98. The van der Waals surface area contributed by atoms with Crippen LogP contribution in [0.3, 0.4) is 0 Å².